The zero-order chi connectivity index (χ0) is 21.8. The summed E-state index contributed by atoms with van der Waals surface area (Å²) in [6.45, 7) is 3.82. The van der Waals surface area contributed by atoms with Crippen LogP contribution in [0.1, 0.15) is 25.5 Å². The molecule has 4 aromatic rings. The first-order chi connectivity index (χ1) is 15.0. The number of hydrogen-bond acceptors (Lipinski definition) is 7. The van der Waals surface area contributed by atoms with E-state index in [0.29, 0.717) is 22.7 Å². The summed E-state index contributed by atoms with van der Waals surface area (Å²) < 4.78 is 20.5. The van der Waals surface area contributed by atoms with Crippen molar-refractivity contribution in [1.29, 1.82) is 0 Å². The number of nitrogen functional groups attached to an aromatic ring is 1. The van der Waals surface area contributed by atoms with E-state index in [0.717, 1.165) is 5.56 Å². The number of benzene rings is 1. The van der Waals surface area contributed by atoms with Crippen molar-refractivity contribution in [3.05, 3.63) is 60.2 Å². The largest absolute Gasteiger partial charge is 0.450 e. The number of nitrogens with one attached hydrogen (secondary N) is 1. The summed E-state index contributed by atoms with van der Waals surface area (Å²) in [5.41, 5.74) is 8.71. The van der Waals surface area contributed by atoms with Gasteiger partial charge in [0.2, 0.25) is 0 Å². The first-order valence-electron chi connectivity index (χ1n) is 9.58. The number of aromatic nitrogens is 5. The van der Waals surface area contributed by atoms with Gasteiger partial charge >= 0.3 is 6.01 Å². The van der Waals surface area contributed by atoms with Crippen molar-refractivity contribution in [2.24, 2.45) is 0 Å². The maximum absolute atomic E-state index is 13.3. The highest BCUT2D eigenvalue weighted by molar-refractivity contribution is 5.85. The number of anilines is 2. The molecule has 1 aromatic carbocycles. The Balaban J connectivity index is 1.74. The van der Waals surface area contributed by atoms with Crippen molar-refractivity contribution < 1.29 is 9.13 Å². The summed E-state index contributed by atoms with van der Waals surface area (Å²) in [6.07, 6.45) is 3.42. The van der Waals surface area contributed by atoms with Crippen LogP contribution in [-0.4, -0.2) is 31.2 Å². The van der Waals surface area contributed by atoms with Gasteiger partial charge in [-0.1, -0.05) is 18.1 Å². The van der Waals surface area contributed by atoms with E-state index in [-0.39, 0.29) is 30.3 Å². The van der Waals surface area contributed by atoms with Crippen LogP contribution in [0.5, 0.6) is 6.01 Å². The molecule has 3 N–H and O–H groups in total. The predicted molar refractivity (Wildman–Crippen MR) is 116 cm³/mol. The van der Waals surface area contributed by atoms with Crippen molar-refractivity contribution in [3.8, 4) is 29.1 Å². The van der Waals surface area contributed by atoms with Crippen molar-refractivity contribution in [1.82, 2.24) is 24.6 Å². The Labute approximate surface area is 178 Å². The van der Waals surface area contributed by atoms with Gasteiger partial charge in [-0.05, 0) is 37.6 Å². The van der Waals surface area contributed by atoms with E-state index in [1.54, 1.807) is 48.1 Å². The Bertz CT molecular complexity index is 1270. The smallest absolute Gasteiger partial charge is 0.319 e. The fourth-order valence-electron chi connectivity index (χ4n) is 3.07. The molecular formula is C22H20FN7O. The van der Waals surface area contributed by atoms with E-state index in [4.69, 9.17) is 10.5 Å². The molecule has 0 aliphatic carbocycles. The first-order valence-corrected chi connectivity index (χ1v) is 9.58. The normalized spacial score (nSPS) is 11.6. The van der Waals surface area contributed by atoms with Crippen LogP contribution in [0.3, 0.4) is 0 Å². The molecule has 3 heterocycles. The number of nitrogens with two attached hydrogens (primary N) is 1. The molecule has 156 valence electrons. The lowest BCUT2D eigenvalue weighted by atomic mass is 10.1. The van der Waals surface area contributed by atoms with Crippen molar-refractivity contribution in [3.63, 3.8) is 0 Å². The van der Waals surface area contributed by atoms with E-state index < -0.39 is 0 Å². The molecule has 3 aromatic heterocycles. The van der Waals surface area contributed by atoms with Crippen molar-refractivity contribution in [2.45, 2.75) is 19.9 Å². The highest BCUT2D eigenvalue weighted by Crippen LogP contribution is 2.31. The third kappa shape index (κ3) is 4.38. The molecule has 0 aliphatic rings. The summed E-state index contributed by atoms with van der Waals surface area (Å²) in [5, 5.41) is 7.59. The number of hydrogen-bond donors (Lipinski definition) is 2. The van der Waals surface area contributed by atoms with Gasteiger partial charge in [0.25, 0.3) is 0 Å². The number of halogens is 1. The van der Waals surface area contributed by atoms with Crippen LogP contribution < -0.4 is 15.8 Å². The second-order valence-corrected chi connectivity index (χ2v) is 6.70. The monoisotopic (exact) mass is 417 g/mol. The van der Waals surface area contributed by atoms with E-state index in [9.17, 15) is 4.39 Å². The topological polar surface area (TPSA) is 103 Å². The highest BCUT2D eigenvalue weighted by Gasteiger charge is 2.18. The minimum absolute atomic E-state index is 0.142. The maximum Gasteiger partial charge on any atom is 0.319 e. The van der Waals surface area contributed by atoms with E-state index >= 15 is 0 Å². The molecule has 0 radical (unpaired) electrons. The summed E-state index contributed by atoms with van der Waals surface area (Å²) in [7, 11) is 0. The molecule has 31 heavy (non-hydrogen) atoms. The third-order valence-electron chi connectivity index (χ3n) is 4.57. The second-order valence-electron chi connectivity index (χ2n) is 6.70. The van der Waals surface area contributed by atoms with Gasteiger partial charge in [-0.15, -0.1) is 11.0 Å². The fourth-order valence-corrected chi connectivity index (χ4v) is 3.07. The van der Waals surface area contributed by atoms with E-state index in [1.807, 2.05) is 6.92 Å². The third-order valence-corrected chi connectivity index (χ3v) is 4.57. The van der Waals surface area contributed by atoms with Crippen LogP contribution in [0.2, 0.25) is 0 Å². The summed E-state index contributed by atoms with van der Waals surface area (Å²) >= 11 is 0. The zero-order valence-electron chi connectivity index (χ0n) is 17.0. The van der Waals surface area contributed by atoms with Crippen LogP contribution in [0, 0.1) is 17.7 Å². The molecule has 0 saturated heterocycles. The summed E-state index contributed by atoms with van der Waals surface area (Å²) in [4.78, 5) is 13.3. The molecule has 0 amide bonds. The molecule has 0 bridgehead atoms. The molecule has 0 aliphatic heterocycles. The average molecular weight is 417 g/mol. The van der Waals surface area contributed by atoms with Crippen LogP contribution in [0.25, 0.3) is 16.9 Å². The summed E-state index contributed by atoms with van der Waals surface area (Å²) in [6, 6.07) is 9.78. The SMILES string of the molecule is CC#CCOc1nc(N[C@@H](C)c2ccc(F)cc2)cc(-c2c(N)nn3cccnc23)n1. The van der Waals surface area contributed by atoms with Gasteiger partial charge in [-0.2, -0.15) is 9.97 Å². The standard InChI is InChI=1S/C22H20FN7O/c1-3-4-12-31-22-27-17(19-20(24)29-30-11-5-10-25-21(19)30)13-18(28-22)26-14(2)15-6-8-16(23)9-7-15/h5-11,13-14H,12H2,1-2H3,(H2,24,29)(H,26,27,28)/t14-/m0/s1. The summed E-state index contributed by atoms with van der Waals surface area (Å²) in [5.74, 6) is 6.10. The van der Waals surface area contributed by atoms with Gasteiger partial charge in [0.15, 0.2) is 18.1 Å². The van der Waals surface area contributed by atoms with Crippen molar-refractivity contribution in [2.75, 3.05) is 17.7 Å². The Morgan fingerprint density at radius 2 is 2.06 bits per heavy atom. The Kier molecular flexibility index (Phi) is 5.62. The first kappa shape index (κ1) is 20.1. The van der Waals surface area contributed by atoms with Gasteiger partial charge < -0.3 is 15.8 Å². The number of nitrogens with zero attached hydrogens (tertiary/aromatic N) is 5. The molecular weight excluding hydrogens is 397 g/mol. The van der Waals surface area contributed by atoms with Gasteiger partial charge in [-0.25, -0.2) is 13.9 Å². The Morgan fingerprint density at radius 3 is 2.84 bits per heavy atom. The minimum Gasteiger partial charge on any atom is -0.450 e. The Morgan fingerprint density at radius 1 is 1.26 bits per heavy atom. The zero-order valence-corrected chi connectivity index (χ0v) is 17.0. The number of rotatable bonds is 6. The average Bonchev–Trinajstić information content (AvgIpc) is 3.10. The van der Waals surface area contributed by atoms with Gasteiger partial charge in [0.05, 0.1) is 11.3 Å². The number of fused-ring (bicyclic) bond motifs is 1. The lowest BCUT2D eigenvalue weighted by molar-refractivity contribution is 0.340. The second kappa shape index (κ2) is 8.67. The van der Waals surface area contributed by atoms with Gasteiger partial charge in [0.1, 0.15) is 11.6 Å². The van der Waals surface area contributed by atoms with Crippen LogP contribution in [-0.2, 0) is 0 Å². The molecule has 4 rings (SSSR count). The minimum atomic E-state index is -0.288. The lowest BCUT2D eigenvalue weighted by Crippen LogP contribution is -2.10. The van der Waals surface area contributed by atoms with E-state index in [1.165, 1.54) is 12.1 Å². The maximum atomic E-state index is 13.3. The molecule has 0 unspecified atom stereocenters. The molecule has 8 nitrogen and oxygen atoms in total. The van der Waals surface area contributed by atoms with Crippen LogP contribution in [0.15, 0.2) is 48.8 Å². The van der Waals surface area contributed by atoms with E-state index in [2.05, 4.69) is 37.2 Å². The highest BCUT2D eigenvalue weighted by atomic mass is 19.1. The molecule has 9 heteroatoms. The quantitative estimate of drug-likeness (QED) is 0.463. The van der Waals surface area contributed by atoms with Gasteiger partial charge in [-0.3, -0.25) is 0 Å². The molecule has 0 fully saturated rings. The van der Waals surface area contributed by atoms with Crippen LogP contribution in [0.4, 0.5) is 16.0 Å². The Hall–Kier alpha value is -4.19. The van der Waals surface area contributed by atoms with Crippen LogP contribution >= 0.6 is 0 Å². The van der Waals surface area contributed by atoms with Crippen molar-refractivity contribution >= 4 is 17.3 Å². The lowest BCUT2D eigenvalue weighted by Gasteiger charge is -2.16. The fraction of sp³-hybridized carbons (Fsp3) is 0.182. The molecule has 0 spiro atoms. The molecule has 1 atom stereocenters. The van der Waals surface area contributed by atoms with Gasteiger partial charge in [0, 0.05) is 24.5 Å². The molecule has 0 saturated carbocycles. The number of ether oxygens (including phenoxy) is 1. The predicted octanol–water partition coefficient (Wildman–Crippen LogP) is 3.48.